The Kier molecular flexibility index (Phi) is 4.55. The SMILES string of the molecule is COC1CCCC(Oc2cc(Cl)ccc2Cl)C1. The lowest BCUT2D eigenvalue weighted by Crippen LogP contribution is -2.29. The predicted molar refractivity (Wildman–Crippen MR) is 70.1 cm³/mol. The van der Waals surface area contributed by atoms with Crippen LogP contribution in [-0.4, -0.2) is 19.3 Å². The second-order valence-corrected chi connectivity index (χ2v) is 5.18. The van der Waals surface area contributed by atoms with Crippen molar-refractivity contribution < 1.29 is 9.47 Å². The monoisotopic (exact) mass is 274 g/mol. The largest absolute Gasteiger partial charge is 0.489 e. The highest BCUT2D eigenvalue weighted by Gasteiger charge is 2.23. The number of halogens is 2. The van der Waals surface area contributed by atoms with Crippen molar-refractivity contribution in [1.29, 1.82) is 0 Å². The van der Waals surface area contributed by atoms with Gasteiger partial charge in [-0.05, 0) is 31.4 Å². The number of hydrogen-bond acceptors (Lipinski definition) is 2. The normalized spacial score (nSPS) is 24.6. The average Bonchev–Trinajstić information content (AvgIpc) is 2.34. The lowest BCUT2D eigenvalue weighted by molar-refractivity contribution is 0.0210. The van der Waals surface area contributed by atoms with Gasteiger partial charge in [0.2, 0.25) is 0 Å². The van der Waals surface area contributed by atoms with Crippen LogP contribution in [0.25, 0.3) is 0 Å². The zero-order valence-electron chi connectivity index (χ0n) is 9.79. The molecule has 0 spiro atoms. The van der Waals surface area contributed by atoms with Gasteiger partial charge in [-0.15, -0.1) is 0 Å². The molecule has 0 amide bonds. The van der Waals surface area contributed by atoms with Gasteiger partial charge in [0.1, 0.15) is 11.9 Å². The van der Waals surface area contributed by atoms with E-state index in [4.69, 9.17) is 32.7 Å². The zero-order chi connectivity index (χ0) is 12.3. The summed E-state index contributed by atoms with van der Waals surface area (Å²) < 4.78 is 11.3. The van der Waals surface area contributed by atoms with Gasteiger partial charge in [0.25, 0.3) is 0 Å². The molecule has 1 aliphatic rings. The Morgan fingerprint density at radius 3 is 2.71 bits per heavy atom. The van der Waals surface area contributed by atoms with Crippen molar-refractivity contribution in [1.82, 2.24) is 0 Å². The molecular formula is C13H16Cl2O2. The van der Waals surface area contributed by atoms with Gasteiger partial charge in [-0.1, -0.05) is 23.2 Å². The van der Waals surface area contributed by atoms with Crippen LogP contribution in [0.3, 0.4) is 0 Å². The average molecular weight is 275 g/mol. The van der Waals surface area contributed by atoms with Crippen molar-refractivity contribution in [2.45, 2.75) is 37.9 Å². The maximum atomic E-state index is 6.07. The Morgan fingerprint density at radius 2 is 1.94 bits per heavy atom. The summed E-state index contributed by atoms with van der Waals surface area (Å²) in [6.45, 7) is 0. The lowest BCUT2D eigenvalue weighted by atomic mass is 9.95. The number of methoxy groups -OCH3 is 1. The minimum atomic E-state index is 0.171. The summed E-state index contributed by atoms with van der Waals surface area (Å²) in [4.78, 5) is 0. The minimum Gasteiger partial charge on any atom is -0.489 e. The van der Waals surface area contributed by atoms with Crippen molar-refractivity contribution in [3.8, 4) is 5.75 Å². The molecular weight excluding hydrogens is 259 g/mol. The van der Waals surface area contributed by atoms with Crippen molar-refractivity contribution in [3.05, 3.63) is 28.2 Å². The molecule has 1 aromatic rings. The molecule has 1 fully saturated rings. The first-order valence-corrected chi connectivity index (χ1v) is 6.59. The molecule has 94 valence electrons. The molecule has 2 unspecified atom stereocenters. The first kappa shape index (κ1) is 13.0. The Hall–Kier alpha value is -0.440. The first-order chi connectivity index (χ1) is 8.19. The smallest absolute Gasteiger partial charge is 0.139 e. The van der Waals surface area contributed by atoms with Crippen LogP contribution in [0.2, 0.25) is 10.0 Å². The van der Waals surface area contributed by atoms with E-state index in [0.29, 0.717) is 21.9 Å². The van der Waals surface area contributed by atoms with E-state index in [1.807, 2.05) is 0 Å². The molecule has 0 radical (unpaired) electrons. The summed E-state index contributed by atoms with van der Waals surface area (Å²) in [5, 5.41) is 1.25. The third-order valence-corrected chi connectivity index (χ3v) is 3.65. The summed E-state index contributed by atoms with van der Waals surface area (Å²) in [6, 6.07) is 5.28. The van der Waals surface area contributed by atoms with Crippen molar-refractivity contribution in [3.63, 3.8) is 0 Å². The molecule has 0 N–H and O–H groups in total. The van der Waals surface area contributed by atoms with E-state index in [2.05, 4.69) is 0 Å². The van der Waals surface area contributed by atoms with Crippen molar-refractivity contribution in [2.24, 2.45) is 0 Å². The fourth-order valence-electron chi connectivity index (χ4n) is 2.17. The van der Waals surface area contributed by atoms with E-state index < -0.39 is 0 Å². The minimum absolute atomic E-state index is 0.171. The van der Waals surface area contributed by atoms with Crippen LogP contribution in [0, 0.1) is 0 Å². The Morgan fingerprint density at radius 1 is 1.18 bits per heavy atom. The van der Waals surface area contributed by atoms with E-state index in [0.717, 1.165) is 25.7 Å². The van der Waals surface area contributed by atoms with Gasteiger partial charge in [0.05, 0.1) is 11.1 Å². The summed E-state index contributed by atoms with van der Waals surface area (Å²) in [6.07, 6.45) is 4.67. The molecule has 1 aliphatic carbocycles. The van der Waals surface area contributed by atoms with Gasteiger partial charge in [0, 0.05) is 24.6 Å². The topological polar surface area (TPSA) is 18.5 Å². The Bertz CT molecular complexity index is 382. The van der Waals surface area contributed by atoms with Crippen LogP contribution >= 0.6 is 23.2 Å². The second-order valence-electron chi connectivity index (χ2n) is 4.34. The molecule has 0 aromatic heterocycles. The van der Waals surface area contributed by atoms with Crippen LogP contribution in [-0.2, 0) is 4.74 Å². The molecule has 1 aromatic carbocycles. The summed E-state index contributed by atoms with van der Waals surface area (Å²) in [5.74, 6) is 0.668. The summed E-state index contributed by atoms with van der Waals surface area (Å²) >= 11 is 12.0. The molecule has 0 aliphatic heterocycles. The standard InChI is InChI=1S/C13H16Cl2O2/c1-16-10-3-2-4-11(8-10)17-13-7-9(14)5-6-12(13)15/h5-7,10-11H,2-4,8H2,1H3. The van der Waals surface area contributed by atoms with E-state index >= 15 is 0 Å². The van der Waals surface area contributed by atoms with Gasteiger partial charge >= 0.3 is 0 Å². The second kappa shape index (κ2) is 5.94. The van der Waals surface area contributed by atoms with E-state index in [1.54, 1.807) is 25.3 Å². The Balaban J connectivity index is 2.02. The van der Waals surface area contributed by atoms with Crippen LogP contribution in [0.4, 0.5) is 0 Å². The lowest BCUT2D eigenvalue weighted by Gasteiger charge is -2.29. The highest BCUT2D eigenvalue weighted by molar-refractivity contribution is 6.34. The molecule has 4 heteroatoms. The Labute approximate surface area is 112 Å². The highest BCUT2D eigenvalue weighted by atomic mass is 35.5. The highest BCUT2D eigenvalue weighted by Crippen LogP contribution is 2.31. The number of ether oxygens (including phenoxy) is 2. The third kappa shape index (κ3) is 3.51. The number of hydrogen-bond donors (Lipinski definition) is 0. The van der Waals surface area contributed by atoms with E-state index in [-0.39, 0.29) is 6.10 Å². The first-order valence-electron chi connectivity index (χ1n) is 5.83. The summed E-state index contributed by atoms with van der Waals surface area (Å²) in [7, 11) is 1.75. The van der Waals surface area contributed by atoms with Gasteiger partial charge in [-0.25, -0.2) is 0 Å². The molecule has 0 bridgehead atoms. The molecule has 2 atom stereocenters. The molecule has 0 heterocycles. The number of rotatable bonds is 3. The number of benzene rings is 1. The van der Waals surface area contributed by atoms with Crippen molar-refractivity contribution in [2.75, 3.05) is 7.11 Å². The molecule has 2 nitrogen and oxygen atoms in total. The van der Waals surface area contributed by atoms with Gasteiger partial charge in [0.15, 0.2) is 0 Å². The molecule has 1 saturated carbocycles. The fraction of sp³-hybridized carbons (Fsp3) is 0.538. The predicted octanol–water partition coefficient (Wildman–Crippen LogP) is 4.33. The van der Waals surface area contributed by atoms with Crippen LogP contribution < -0.4 is 4.74 Å². The van der Waals surface area contributed by atoms with Crippen molar-refractivity contribution >= 4 is 23.2 Å². The maximum absolute atomic E-state index is 6.07. The molecule has 17 heavy (non-hydrogen) atoms. The quantitative estimate of drug-likeness (QED) is 0.817. The summed E-state index contributed by atoms with van der Waals surface area (Å²) in [5.41, 5.74) is 0. The van der Waals surface area contributed by atoms with Gasteiger partial charge in [-0.3, -0.25) is 0 Å². The molecule has 2 rings (SSSR count). The fourth-order valence-corrected chi connectivity index (χ4v) is 2.49. The van der Waals surface area contributed by atoms with Crippen LogP contribution in [0.1, 0.15) is 25.7 Å². The molecule has 0 saturated heterocycles. The maximum Gasteiger partial charge on any atom is 0.139 e. The van der Waals surface area contributed by atoms with Crippen LogP contribution in [0.5, 0.6) is 5.75 Å². The van der Waals surface area contributed by atoms with Crippen LogP contribution in [0.15, 0.2) is 18.2 Å². The van der Waals surface area contributed by atoms with E-state index in [9.17, 15) is 0 Å². The van der Waals surface area contributed by atoms with Gasteiger partial charge < -0.3 is 9.47 Å². The third-order valence-electron chi connectivity index (χ3n) is 3.10. The van der Waals surface area contributed by atoms with Gasteiger partial charge in [-0.2, -0.15) is 0 Å². The van der Waals surface area contributed by atoms with E-state index in [1.165, 1.54) is 0 Å². The zero-order valence-corrected chi connectivity index (χ0v) is 11.3.